The Bertz CT molecular complexity index is 529. The predicted molar refractivity (Wildman–Crippen MR) is 62.7 cm³/mol. The molecule has 2 aromatic rings. The summed E-state index contributed by atoms with van der Waals surface area (Å²) in [5.74, 6) is 0.908. The van der Waals surface area contributed by atoms with Gasteiger partial charge in [0.1, 0.15) is 5.82 Å². The van der Waals surface area contributed by atoms with Crippen LogP contribution in [-0.2, 0) is 13.5 Å². The van der Waals surface area contributed by atoms with E-state index in [9.17, 15) is 0 Å². The van der Waals surface area contributed by atoms with Crippen molar-refractivity contribution in [2.75, 3.05) is 0 Å². The average molecular weight is 211 g/mol. The Kier molecular flexibility index (Phi) is 2.74. The van der Waals surface area contributed by atoms with Crippen molar-refractivity contribution >= 4 is 0 Å². The van der Waals surface area contributed by atoms with Crippen molar-refractivity contribution in [3.63, 3.8) is 0 Å². The van der Waals surface area contributed by atoms with Crippen LogP contribution in [0.2, 0.25) is 0 Å². The Morgan fingerprint density at radius 1 is 1.31 bits per heavy atom. The number of rotatable bonds is 2. The third kappa shape index (κ3) is 1.96. The molecule has 80 valence electrons. The maximum Gasteiger partial charge on any atom is 0.140 e. The van der Waals surface area contributed by atoms with Crippen molar-refractivity contribution in [2.24, 2.45) is 7.05 Å². The summed E-state index contributed by atoms with van der Waals surface area (Å²) in [6.07, 6.45) is 2.26. The molecule has 0 saturated heterocycles. The van der Waals surface area contributed by atoms with Crippen molar-refractivity contribution in [3.8, 4) is 17.5 Å². The molecule has 3 nitrogen and oxygen atoms in total. The lowest BCUT2D eigenvalue weighted by atomic mass is 10.1. The van der Waals surface area contributed by atoms with E-state index in [0.29, 0.717) is 6.42 Å². The molecule has 0 aliphatic heterocycles. The molecule has 2 rings (SSSR count). The number of nitrogens with zero attached hydrogens (tertiary/aromatic N) is 3. The summed E-state index contributed by atoms with van der Waals surface area (Å²) in [6.45, 7) is 2.06. The number of nitriles is 1. The van der Waals surface area contributed by atoms with Crippen molar-refractivity contribution in [2.45, 2.75) is 13.3 Å². The number of hydrogen-bond acceptors (Lipinski definition) is 2. The Morgan fingerprint density at radius 3 is 2.62 bits per heavy atom. The average Bonchev–Trinajstić information content (AvgIpc) is 2.61. The molecule has 0 radical (unpaired) electrons. The molecule has 0 unspecified atom stereocenters. The van der Waals surface area contributed by atoms with Gasteiger partial charge in [0, 0.05) is 18.8 Å². The summed E-state index contributed by atoms with van der Waals surface area (Å²) in [6, 6.07) is 10.3. The molecule has 0 bridgehead atoms. The highest BCUT2D eigenvalue weighted by molar-refractivity contribution is 5.56. The van der Waals surface area contributed by atoms with E-state index in [-0.39, 0.29) is 0 Å². The first-order valence-corrected chi connectivity index (χ1v) is 5.17. The van der Waals surface area contributed by atoms with Crippen LogP contribution in [0, 0.1) is 18.3 Å². The second kappa shape index (κ2) is 4.19. The maximum atomic E-state index is 8.63. The van der Waals surface area contributed by atoms with Gasteiger partial charge in [0.15, 0.2) is 0 Å². The normalized spacial score (nSPS) is 10.1. The van der Waals surface area contributed by atoms with Crippen molar-refractivity contribution < 1.29 is 0 Å². The molecule has 0 aliphatic rings. The molecule has 1 aromatic heterocycles. The van der Waals surface area contributed by atoms with Gasteiger partial charge in [-0.2, -0.15) is 5.26 Å². The van der Waals surface area contributed by atoms with Gasteiger partial charge in [-0.25, -0.2) is 4.98 Å². The van der Waals surface area contributed by atoms with Gasteiger partial charge in [-0.05, 0) is 6.92 Å². The first-order chi connectivity index (χ1) is 7.70. The van der Waals surface area contributed by atoms with E-state index < -0.39 is 0 Å². The minimum absolute atomic E-state index is 0.361. The van der Waals surface area contributed by atoms with Crippen LogP contribution >= 0.6 is 0 Å². The first kappa shape index (κ1) is 10.4. The number of aryl methyl sites for hydroxylation is 2. The molecule has 0 fully saturated rings. The lowest BCUT2D eigenvalue weighted by Crippen LogP contribution is -1.90. The summed E-state index contributed by atoms with van der Waals surface area (Å²) in [5, 5.41) is 8.63. The third-order valence-corrected chi connectivity index (χ3v) is 2.50. The summed E-state index contributed by atoms with van der Waals surface area (Å²) < 4.78 is 1.96. The number of imidazole rings is 1. The van der Waals surface area contributed by atoms with Gasteiger partial charge in [0.05, 0.1) is 18.2 Å². The Labute approximate surface area is 95.0 Å². The van der Waals surface area contributed by atoms with Crippen LogP contribution in [0.3, 0.4) is 0 Å². The van der Waals surface area contributed by atoms with Gasteiger partial charge in [0.2, 0.25) is 0 Å². The Balaban J connectivity index is 2.40. The highest BCUT2D eigenvalue weighted by atomic mass is 15.0. The molecule has 0 spiro atoms. The van der Waals surface area contributed by atoms with E-state index in [4.69, 9.17) is 5.26 Å². The van der Waals surface area contributed by atoms with Gasteiger partial charge in [-0.15, -0.1) is 0 Å². The molecule has 16 heavy (non-hydrogen) atoms. The van der Waals surface area contributed by atoms with Crippen LogP contribution in [-0.4, -0.2) is 9.55 Å². The predicted octanol–water partition coefficient (Wildman–Crippen LogP) is 2.46. The Hall–Kier alpha value is -2.08. The first-order valence-electron chi connectivity index (χ1n) is 5.17. The van der Waals surface area contributed by atoms with Crippen LogP contribution < -0.4 is 0 Å². The van der Waals surface area contributed by atoms with Crippen molar-refractivity contribution in [1.29, 1.82) is 5.26 Å². The van der Waals surface area contributed by atoms with Crippen LogP contribution in [0.1, 0.15) is 11.3 Å². The van der Waals surface area contributed by atoms with Crippen molar-refractivity contribution in [1.82, 2.24) is 9.55 Å². The van der Waals surface area contributed by atoms with Crippen molar-refractivity contribution in [3.05, 3.63) is 41.7 Å². The molecule has 1 heterocycles. The van der Waals surface area contributed by atoms with Crippen LogP contribution in [0.5, 0.6) is 0 Å². The fraction of sp³-hybridized carbons (Fsp3) is 0.231. The molecule has 1 aromatic carbocycles. The van der Waals surface area contributed by atoms with E-state index in [1.54, 1.807) is 0 Å². The quantitative estimate of drug-likeness (QED) is 0.765. The SMILES string of the molecule is Cc1ccc(-c2nc(CC#N)cn2C)cc1. The molecule has 0 aliphatic carbocycles. The summed E-state index contributed by atoms with van der Waals surface area (Å²) in [7, 11) is 1.95. The fourth-order valence-electron chi connectivity index (χ4n) is 1.67. The molecular weight excluding hydrogens is 198 g/mol. The maximum absolute atomic E-state index is 8.63. The minimum atomic E-state index is 0.361. The monoisotopic (exact) mass is 211 g/mol. The molecule has 0 saturated carbocycles. The third-order valence-electron chi connectivity index (χ3n) is 2.50. The van der Waals surface area contributed by atoms with Crippen LogP contribution in [0.15, 0.2) is 30.5 Å². The zero-order valence-electron chi connectivity index (χ0n) is 9.44. The highest BCUT2D eigenvalue weighted by Crippen LogP contribution is 2.18. The second-order valence-corrected chi connectivity index (χ2v) is 3.87. The number of aromatic nitrogens is 2. The highest BCUT2D eigenvalue weighted by Gasteiger charge is 2.06. The van der Waals surface area contributed by atoms with Gasteiger partial charge in [-0.3, -0.25) is 0 Å². The van der Waals surface area contributed by atoms with E-state index in [0.717, 1.165) is 17.1 Å². The van der Waals surface area contributed by atoms with E-state index in [1.165, 1.54) is 5.56 Å². The zero-order chi connectivity index (χ0) is 11.5. The lowest BCUT2D eigenvalue weighted by molar-refractivity contribution is 0.923. The van der Waals surface area contributed by atoms with Gasteiger partial charge >= 0.3 is 0 Å². The molecule has 3 heteroatoms. The summed E-state index contributed by atoms with van der Waals surface area (Å²) in [4.78, 5) is 4.44. The van der Waals surface area contributed by atoms with Gasteiger partial charge < -0.3 is 4.57 Å². The summed E-state index contributed by atoms with van der Waals surface area (Å²) >= 11 is 0. The fourth-order valence-corrected chi connectivity index (χ4v) is 1.67. The molecule has 0 N–H and O–H groups in total. The Morgan fingerprint density at radius 2 is 2.00 bits per heavy atom. The number of hydrogen-bond donors (Lipinski definition) is 0. The topological polar surface area (TPSA) is 41.6 Å². The lowest BCUT2D eigenvalue weighted by Gasteiger charge is -2.01. The minimum Gasteiger partial charge on any atom is -0.334 e. The largest absolute Gasteiger partial charge is 0.334 e. The molecule has 0 amide bonds. The van der Waals surface area contributed by atoms with Gasteiger partial charge in [-0.1, -0.05) is 29.8 Å². The number of benzene rings is 1. The van der Waals surface area contributed by atoms with Crippen LogP contribution in [0.25, 0.3) is 11.4 Å². The van der Waals surface area contributed by atoms with E-state index in [1.807, 2.05) is 29.9 Å². The molecule has 0 atom stereocenters. The van der Waals surface area contributed by atoms with E-state index in [2.05, 4.69) is 30.1 Å². The van der Waals surface area contributed by atoms with Crippen LogP contribution in [0.4, 0.5) is 0 Å². The zero-order valence-corrected chi connectivity index (χ0v) is 9.44. The van der Waals surface area contributed by atoms with Gasteiger partial charge in [0.25, 0.3) is 0 Å². The van der Waals surface area contributed by atoms with E-state index >= 15 is 0 Å². The molecular formula is C13H13N3. The second-order valence-electron chi connectivity index (χ2n) is 3.87. The smallest absolute Gasteiger partial charge is 0.140 e. The summed E-state index contributed by atoms with van der Waals surface area (Å²) in [5.41, 5.74) is 3.13. The standard InChI is InChI=1S/C13H13N3/c1-10-3-5-11(6-4-10)13-15-12(7-8-14)9-16(13)2/h3-6,9H,7H2,1-2H3.